The van der Waals surface area contributed by atoms with Crippen molar-refractivity contribution in [3.05, 3.63) is 30.1 Å². The molecule has 1 rings (SSSR count). The first-order chi connectivity index (χ1) is 7.56. The van der Waals surface area contributed by atoms with Gasteiger partial charge in [-0.05, 0) is 24.6 Å². The van der Waals surface area contributed by atoms with Crippen LogP contribution in [0.4, 0.5) is 0 Å². The van der Waals surface area contributed by atoms with E-state index in [0.717, 1.165) is 5.56 Å². The van der Waals surface area contributed by atoms with Crippen LogP contribution < -0.4 is 5.73 Å². The van der Waals surface area contributed by atoms with E-state index < -0.39 is 10.0 Å². The van der Waals surface area contributed by atoms with Crippen LogP contribution in [-0.2, 0) is 16.6 Å². The Bertz CT molecular complexity index is 405. The van der Waals surface area contributed by atoms with Crippen molar-refractivity contribution in [2.45, 2.75) is 13.0 Å². The number of pyridine rings is 1. The predicted molar refractivity (Wildman–Crippen MR) is 63.2 cm³/mol. The summed E-state index contributed by atoms with van der Waals surface area (Å²) in [5.41, 5.74) is 6.17. The van der Waals surface area contributed by atoms with Crippen molar-refractivity contribution in [1.29, 1.82) is 0 Å². The molecule has 0 aliphatic heterocycles. The number of aromatic nitrogens is 1. The second-order valence-electron chi connectivity index (χ2n) is 3.58. The van der Waals surface area contributed by atoms with Crippen molar-refractivity contribution in [1.82, 2.24) is 9.29 Å². The molecule has 0 aliphatic carbocycles. The molecule has 5 nitrogen and oxygen atoms in total. The molecule has 0 atom stereocenters. The fourth-order valence-corrected chi connectivity index (χ4v) is 2.46. The fraction of sp³-hybridized carbons (Fsp3) is 0.500. The Hall–Kier alpha value is -0.980. The van der Waals surface area contributed by atoms with E-state index in [9.17, 15) is 8.42 Å². The molecule has 1 aromatic heterocycles. The third-order valence-electron chi connectivity index (χ3n) is 2.21. The van der Waals surface area contributed by atoms with Crippen molar-refractivity contribution < 1.29 is 8.42 Å². The van der Waals surface area contributed by atoms with Gasteiger partial charge < -0.3 is 5.73 Å². The number of nitrogens with two attached hydrogens (primary N) is 1. The number of sulfonamides is 1. The van der Waals surface area contributed by atoms with E-state index in [4.69, 9.17) is 5.73 Å². The quantitative estimate of drug-likeness (QED) is 0.774. The highest BCUT2D eigenvalue weighted by Crippen LogP contribution is 2.06. The average Bonchev–Trinajstić information content (AvgIpc) is 2.28. The van der Waals surface area contributed by atoms with E-state index in [-0.39, 0.29) is 5.75 Å². The summed E-state index contributed by atoms with van der Waals surface area (Å²) >= 11 is 0. The molecule has 0 radical (unpaired) electrons. The van der Waals surface area contributed by atoms with Crippen LogP contribution in [0.3, 0.4) is 0 Å². The summed E-state index contributed by atoms with van der Waals surface area (Å²) in [6.45, 7) is 0.737. The molecule has 1 heterocycles. The molecule has 0 aromatic carbocycles. The number of rotatable bonds is 6. The molecule has 0 fully saturated rings. The van der Waals surface area contributed by atoms with Crippen LogP contribution in [0.5, 0.6) is 0 Å². The molecule has 0 unspecified atom stereocenters. The van der Waals surface area contributed by atoms with Gasteiger partial charge in [0, 0.05) is 26.0 Å². The Kier molecular flexibility index (Phi) is 4.85. The van der Waals surface area contributed by atoms with Crippen LogP contribution in [0.15, 0.2) is 24.5 Å². The Morgan fingerprint density at radius 1 is 1.50 bits per heavy atom. The molecule has 16 heavy (non-hydrogen) atoms. The minimum Gasteiger partial charge on any atom is -0.330 e. The molecular formula is C10H17N3O2S. The van der Waals surface area contributed by atoms with Crippen LogP contribution in [0.2, 0.25) is 0 Å². The highest BCUT2D eigenvalue weighted by atomic mass is 32.2. The van der Waals surface area contributed by atoms with E-state index >= 15 is 0 Å². The lowest BCUT2D eigenvalue weighted by Crippen LogP contribution is -2.29. The maximum absolute atomic E-state index is 11.7. The van der Waals surface area contributed by atoms with Gasteiger partial charge in [-0.2, -0.15) is 0 Å². The zero-order valence-corrected chi connectivity index (χ0v) is 10.2. The van der Waals surface area contributed by atoms with Crippen molar-refractivity contribution in [2.75, 3.05) is 19.3 Å². The maximum atomic E-state index is 11.7. The topological polar surface area (TPSA) is 76.3 Å². The van der Waals surface area contributed by atoms with Crippen molar-refractivity contribution in [2.24, 2.45) is 5.73 Å². The SMILES string of the molecule is CN(Cc1cccnc1)S(=O)(=O)CCCN. The van der Waals surface area contributed by atoms with Crippen LogP contribution in [0.25, 0.3) is 0 Å². The molecule has 90 valence electrons. The van der Waals surface area contributed by atoms with Crippen LogP contribution >= 0.6 is 0 Å². The predicted octanol–water partition coefficient (Wildman–Crippen LogP) is 0.192. The molecule has 0 saturated carbocycles. The number of hydrogen-bond donors (Lipinski definition) is 1. The van der Waals surface area contributed by atoms with E-state index in [0.29, 0.717) is 19.5 Å². The summed E-state index contributed by atoms with van der Waals surface area (Å²) in [5.74, 6) is 0.0975. The van der Waals surface area contributed by atoms with Crippen LogP contribution in [-0.4, -0.2) is 37.1 Å². The first-order valence-electron chi connectivity index (χ1n) is 5.09. The Morgan fingerprint density at radius 2 is 2.25 bits per heavy atom. The van der Waals surface area contributed by atoms with Crippen LogP contribution in [0.1, 0.15) is 12.0 Å². The van der Waals surface area contributed by atoms with Gasteiger partial charge in [0.05, 0.1) is 5.75 Å². The Labute approximate surface area is 96.3 Å². The summed E-state index contributed by atoms with van der Waals surface area (Å²) in [6, 6.07) is 3.64. The normalized spacial score (nSPS) is 11.9. The maximum Gasteiger partial charge on any atom is 0.214 e. The first kappa shape index (κ1) is 13.1. The lowest BCUT2D eigenvalue weighted by atomic mass is 10.3. The van der Waals surface area contributed by atoms with Crippen molar-refractivity contribution in [3.8, 4) is 0 Å². The lowest BCUT2D eigenvalue weighted by molar-refractivity contribution is 0.465. The molecule has 0 spiro atoms. The monoisotopic (exact) mass is 243 g/mol. The first-order valence-corrected chi connectivity index (χ1v) is 6.70. The standard InChI is InChI=1S/C10H17N3O2S/c1-13(16(14,15)7-3-5-11)9-10-4-2-6-12-8-10/h2,4,6,8H,3,5,7,9,11H2,1H3. The van der Waals surface area contributed by atoms with Gasteiger partial charge in [-0.15, -0.1) is 0 Å². The summed E-state index contributed by atoms with van der Waals surface area (Å²) in [6.07, 6.45) is 3.81. The third-order valence-corrected chi connectivity index (χ3v) is 4.09. The van der Waals surface area contributed by atoms with E-state index in [1.807, 2.05) is 6.07 Å². The van der Waals surface area contributed by atoms with Gasteiger partial charge in [0.2, 0.25) is 10.0 Å². The third kappa shape index (κ3) is 3.88. The molecular weight excluding hydrogens is 226 g/mol. The Morgan fingerprint density at radius 3 is 2.81 bits per heavy atom. The minimum absolute atomic E-state index is 0.0975. The molecule has 2 N–H and O–H groups in total. The van der Waals surface area contributed by atoms with Crippen LogP contribution in [0, 0.1) is 0 Å². The molecule has 0 aliphatic rings. The summed E-state index contributed by atoms with van der Waals surface area (Å²) in [5, 5.41) is 0. The van der Waals surface area contributed by atoms with Gasteiger partial charge in [0.15, 0.2) is 0 Å². The van der Waals surface area contributed by atoms with Gasteiger partial charge in [0.25, 0.3) is 0 Å². The molecule has 1 aromatic rings. The van der Waals surface area contributed by atoms with Crippen molar-refractivity contribution in [3.63, 3.8) is 0 Å². The van der Waals surface area contributed by atoms with Gasteiger partial charge in [-0.3, -0.25) is 4.98 Å². The minimum atomic E-state index is -3.20. The lowest BCUT2D eigenvalue weighted by Gasteiger charge is -2.16. The van der Waals surface area contributed by atoms with Gasteiger partial charge >= 0.3 is 0 Å². The molecule has 0 bridgehead atoms. The van der Waals surface area contributed by atoms with Gasteiger partial charge in [-0.25, -0.2) is 12.7 Å². The Balaban J connectivity index is 2.61. The second-order valence-corrected chi connectivity index (χ2v) is 5.77. The largest absolute Gasteiger partial charge is 0.330 e. The zero-order valence-electron chi connectivity index (χ0n) is 9.33. The van der Waals surface area contributed by atoms with Gasteiger partial charge in [0.1, 0.15) is 0 Å². The van der Waals surface area contributed by atoms with Gasteiger partial charge in [-0.1, -0.05) is 6.07 Å². The van der Waals surface area contributed by atoms with E-state index in [1.165, 1.54) is 4.31 Å². The molecule has 6 heteroatoms. The second kappa shape index (κ2) is 5.93. The smallest absolute Gasteiger partial charge is 0.214 e. The summed E-state index contributed by atoms with van der Waals surface area (Å²) in [4.78, 5) is 3.94. The fourth-order valence-electron chi connectivity index (χ4n) is 1.27. The molecule has 0 saturated heterocycles. The summed E-state index contributed by atoms with van der Waals surface area (Å²) < 4.78 is 24.8. The van der Waals surface area contributed by atoms with Crippen molar-refractivity contribution >= 4 is 10.0 Å². The zero-order chi connectivity index (χ0) is 12.0. The highest BCUT2D eigenvalue weighted by molar-refractivity contribution is 7.89. The summed E-state index contributed by atoms with van der Waals surface area (Å²) in [7, 11) is -1.63. The molecule has 0 amide bonds. The van der Waals surface area contributed by atoms with E-state index in [1.54, 1.807) is 25.5 Å². The number of nitrogens with zero attached hydrogens (tertiary/aromatic N) is 2. The number of hydrogen-bond acceptors (Lipinski definition) is 4. The highest BCUT2D eigenvalue weighted by Gasteiger charge is 2.16. The average molecular weight is 243 g/mol. The van der Waals surface area contributed by atoms with E-state index in [2.05, 4.69) is 4.98 Å².